The number of pyridine rings is 2. The smallest absolute Gasteiger partial charge is 0.862 e. The Kier molecular flexibility index (Phi) is 20.4. The molecule has 0 N–H and O–H groups in total. The second-order valence-electron chi connectivity index (χ2n) is 11.1. The summed E-state index contributed by atoms with van der Waals surface area (Å²) in [6.07, 6.45) is 8.01. The third-order valence-corrected chi connectivity index (χ3v) is 6.95. The number of hydrogen-bond acceptors (Lipinski definition) is 6. The molecule has 0 fully saturated rings. The predicted octanol–water partition coefficient (Wildman–Crippen LogP) is 7.83. The maximum atomic E-state index is 10.5. The molecule has 2 aliphatic heterocycles. The van der Waals surface area contributed by atoms with E-state index >= 15 is 0 Å². The molecule has 47 heavy (non-hydrogen) atoms. The van der Waals surface area contributed by atoms with Crippen molar-refractivity contribution in [1.82, 2.24) is 9.97 Å². The summed E-state index contributed by atoms with van der Waals surface area (Å²) in [4.78, 5) is 16.2. The minimum Gasteiger partial charge on any atom is -0.862 e. The Labute approximate surface area is 300 Å². The van der Waals surface area contributed by atoms with Crippen molar-refractivity contribution in [3.8, 4) is 0 Å². The van der Waals surface area contributed by atoms with Gasteiger partial charge >= 0.3 is 26.2 Å². The third-order valence-electron chi connectivity index (χ3n) is 6.95. The van der Waals surface area contributed by atoms with Gasteiger partial charge in [-0.3, -0.25) is 0 Å². The van der Waals surface area contributed by atoms with E-state index in [1.54, 1.807) is 0 Å². The zero-order chi connectivity index (χ0) is 32.7. The second-order valence-corrected chi connectivity index (χ2v) is 11.1. The summed E-state index contributed by atoms with van der Waals surface area (Å²) in [5.41, 5.74) is 4.43. The molecule has 2 aliphatic rings. The predicted molar refractivity (Wildman–Crippen MR) is 186 cm³/mol. The fourth-order valence-electron chi connectivity index (χ4n) is 4.44. The molecule has 0 unspecified atom stereocenters. The number of aryl methyl sites for hydroxylation is 2. The van der Waals surface area contributed by atoms with E-state index in [9.17, 15) is 10.2 Å². The number of hydrogen-bond donors (Lipinski definition) is 0. The Morgan fingerprint density at radius 3 is 1.30 bits per heavy atom. The number of nitrogens with zero attached hydrogens (tertiary/aromatic N) is 6. The van der Waals surface area contributed by atoms with Crippen LogP contribution < -0.4 is 10.2 Å². The number of rotatable bonds is 6. The van der Waals surface area contributed by atoms with Crippen LogP contribution in [0.25, 0.3) is 10.6 Å². The standard InChI is InChI=1S/2C13H13N2.2C6H11NO.Zr/c2*1-11-6-5-9-13(15-11)14-10-12-7-3-2-4-8-12;2*8-6-4-2-1-3-5-7-6;/h2*2-9H,10H2,1H3;2*1-5H2,(H,7,8);/q2*-1;;;+4/p-2. The van der Waals surface area contributed by atoms with Crippen LogP contribution in [0.15, 0.2) is 107 Å². The van der Waals surface area contributed by atoms with Gasteiger partial charge in [0.15, 0.2) is 0 Å². The largest absolute Gasteiger partial charge is 4.00 e. The Morgan fingerprint density at radius 1 is 0.511 bits per heavy atom. The molecule has 2 aromatic carbocycles. The van der Waals surface area contributed by atoms with Gasteiger partial charge in [-0.25, -0.2) is 0 Å². The Bertz CT molecular complexity index is 1340. The van der Waals surface area contributed by atoms with Crippen molar-refractivity contribution in [2.45, 2.75) is 78.3 Å². The van der Waals surface area contributed by atoms with Crippen LogP contribution in [-0.2, 0) is 39.3 Å². The molecule has 2 aromatic heterocycles. The van der Waals surface area contributed by atoms with Crippen molar-refractivity contribution < 1.29 is 36.4 Å². The van der Waals surface area contributed by atoms with Gasteiger partial charge in [-0.05, 0) is 88.4 Å². The Balaban J connectivity index is 0.000000226. The first-order chi connectivity index (χ1) is 22.5. The van der Waals surface area contributed by atoms with Crippen molar-refractivity contribution >= 4 is 23.4 Å². The number of aliphatic imine (C=N–C) groups is 2. The summed E-state index contributed by atoms with van der Waals surface area (Å²) in [5.74, 6) is 1.81. The van der Waals surface area contributed by atoms with Crippen LogP contribution in [0.2, 0.25) is 0 Å². The molecule has 0 amide bonds. The summed E-state index contributed by atoms with van der Waals surface area (Å²) in [5, 5.41) is 29.9. The monoisotopic (exact) mass is 708 g/mol. The number of benzene rings is 2. The van der Waals surface area contributed by atoms with Gasteiger partial charge in [0.2, 0.25) is 0 Å². The molecule has 0 saturated carbocycles. The van der Waals surface area contributed by atoms with Gasteiger partial charge in [-0.2, -0.15) is 0 Å². The van der Waals surface area contributed by atoms with E-state index in [0.717, 1.165) is 61.8 Å². The summed E-state index contributed by atoms with van der Waals surface area (Å²) >= 11 is 0. The molecule has 0 radical (unpaired) electrons. The fraction of sp³-hybridized carbons (Fsp3) is 0.368. The van der Waals surface area contributed by atoms with Gasteiger partial charge in [0, 0.05) is 13.1 Å². The van der Waals surface area contributed by atoms with Gasteiger partial charge in [-0.15, -0.1) is 0 Å². The summed E-state index contributed by atoms with van der Waals surface area (Å²) in [6.45, 7) is 6.86. The molecule has 0 atom stereocenters. The van der Waals surface area contributed by atoms with Gasteiger partial charge in [0.05, 0.1) is 0 Å². The zero-order valence-corrected chi connectivity index (χ0v) is 30.2. The third kappa shape index (κ3) is 18.8. The molecule has 4 heterocycles. The van der Waals surface area contributed by atoms with E-state index in [1.165, 1.54) is 24.0 Å². The van der Waals surface area contributed by atoms with Crippen molar-refractivity contribution in [1.29, 1.82) is 0 Å². The molecule has 0 spiro atoms. The quantitative estimate of drug-likeness (QED) is 0.202. The Morgan fingerprint density at radius 2 is 0.915 bits per heavy atom. The molecule has 9 heteroatoms. The molecule has 244 valence electrons. The van der Waals surface area contributed by atoms with Crippen molar-refractivity contribution in [2.75, 3.05) is 13.1 Å². The van der Waals surface area contributed by atoms with Crippen LogP contribution in [0.3, 0.4) is 0 Å². The molecular weight excluding hydrogens is 664 g/mol. The van der Waals surface area contributed by atoms with Crippen LogP contribution in [0, 0.1) is 13.8 Å². The fourth-order valence-corrected chi connectivity index (χ4v) is 4.44. The van der Waals surface area contributed by atoms with Gasteiger partial charge in [0.1, 0.15) is 0 Å². The second kappa shape index (κ2) is 24.4. The normalized spacial score (nSPS) is 13.7. The van der Waals surface area contributed by atoms with E-state index in [0.29, 0.717) is 25.9 Å². The summed E-state index contributed by atoms with van der Waals surface area (Å²) in [6, 6.07) is 32.1. The zero-order valence-electron chi connectivity index (χ0n) is 27.7. The van der Waals surface area contributed by atoms with E-state index in [-0.39, 0.29) is 38.0 Å². The number of aromatic nitrogens is 2. The topological polar surface area (TPSA) is 125 Å². The summed E-state index contributed by atoms with van der Waals surface area (Å²) in [7, 11) is 0. The first kappa shape index (κ1) is 39.3. The van der Waals surface area contributed by atoms with Crippen molar-refractivity contribution in [2.24, 2.45) is 9.98 Å². The van der Waals surface area contributed by atoms with Gasteiger partial charge in [0.25, 0.3) is 0 Å². The maximum absolute atomic E-state index is 10.5. The van der Waals surface area contributed by atoms with Gasteiger partial charge in [-0.1, -0.05) is 133 Å². The molecule has 8 nitrogen and oxygen atoms in total. The van der Waals surface area contributed by atoms with Crippen LogP contribution in [0.5, 0.6) is 0 Å². The van der Waals surface area contributed by atoms with E-state index in [4.69, 9.17) is 0 Å². The average molecular weight is 710 g/mol. The molecule has 6 rings (SSSR count). The van der Waals surface area contributed by atoms with E-state index in [1.807, 2.05) is 86.6 Å². The van der Waals surface area contributed by atoms with E-state index < -0.39 is 0 Å². The first-order valence-electron chi connectivity index (χ1n) is 16.2. The van der Waals surface area contributed by atoms with Crippen LogP contribution in [-0.4, -0.2) is 34.9 Å². The molecular formula is C38H46N6O2Zr. The van der Waals surface area contributed by atoms with Crippen molar-refractivity contribution in [3.63, 3.8) is 0 Å². The molecule has 0 aliphatic carbocycles. The molecule has 0 saturated heterocycles. The minimum absolute atomic E-state index is 0. The average Bonchev–Trinajstić information content (AvgIpc) is 3.48. The van der Waals surface area contributed by atoms with Crippen molar-refractivity contribution in [3.05, 3.63) is 130 Å². The Hall–Kier alpha value is -3.84. The first-order valence-corrected chi connectivity index (χ1v) is 16.2. The van der Waals surface area contributed by atoms with Gasteiger partial charge < -0.3 is 40.8 Å². The molecule has 0 bridgehead atoms. The van der Waals surface area contributed by atoms with Crippen LogP contribution >= 0.6 is 0 Å². The van der Waals surface area contributed by atoms with Crippen LogP contribution in [0.4, 0.5) is 11.6 Å². The van der Waals surface area contributed by atoms with Crippen LogP contribution in [0.1, 0.15) is 73.9 Å². The SMILES string of the molecule is Cc1cccc([N-]Cc2ccccc2)n1.Cc1cccc([N-]Cc2ccccc2)n1.[O-]C1=NCCCCC1.[O-]C1=NCCCCC1.[Zr+4]. The minimum atomic E-state index is 0. The molecule has 4 aromatic rings. The summed E-state index contributed by atoms with van der Waals surface area (Å²) < 4.78 is 0. The van der Waals surface area contributed by atoms with E-state index in [2.05, 4.69) is 54.9 Å². The maximum Gasteiger partial charge on any atom is 4.00 e.